The first-order chi connectivity index (χ1) is 20.4. The van der Waals surface area contributed by atoms with Gasteiger partial charge in [0, 0.05) is 43.3 Å². The number of carboxylic acids is 1. The van der Waals surface area contributed by atoms with Crippen molar-refractivity contribution in [3.63, 3.8) is 0 Å². The minimum Gasteiger partial charge on any atom is -0.481 e. The monoisotopic (exact) mass is 576 g/mol. The van der Waals surface area contributed by atoms with Gasteiger partial charge in [0.1, 0.15) is 5.82 Å². The van der Waals surface area contributed by atoms with Gasteiger partial charge in [-0.1, -0.05) is 84.9 Å². The number of hydrogen-bond donors (Lipinski definition) is 1. The van der Waals surface area contributed by atoms with E-state index in [1.165, 1.54) is 21.8 Å². The van der Waals surface area contributed by atoms with E-state index in [4.69, 9.17) is 9.97 Å². The van der Waals surface area contributed by atoms with Gasteiger partial charge >= 0.3 is 5.97 Å². The van der Waals surface area contributed by atoms with Crippen molar-refractivity contribution in [1.29, 1.82) is 0 Å². The fourth-order valence-electron chi connectivity index (χ4n) is 4.93. The highest BCUT2D eigenvalue weighted by atomic mass is 32.1. The fourth-order valence-corrected chi connectivity index (χ4v) is 5.73. The second kappa shape index (κ2) is 13.2. The van der Waals surface area contributed by atoms with E-state index in [0.717, 1.165) is 40.3 Å². The molecule has 2 heterocycles. The van der Waals surface area contributed by atoms with Crippen molar-refractivity contribution in [3.8, 4) is 22.4 Å². The van der Waals surface area contributed by atoms with Gasteiger partial charge in [-0.25, -0.2) is 9.97 Å². The Bertz CT molecular complexity index is 1640. The van der Waals surface area contributed by atoms with Gasteiger partial charge in [-0.2, -0.15) is 0 Å². The molecule has 5 aromatic rings. The molecule has 5 rings (SSSR count). The summed E-state index contributed by atoms with van der Waals surface area (Å²) in [5.41, 5.74) is 5.76. The Hall–Kier alpha value is -4.82. The molecule has 0 unspecified atom stereocenters. The lowest BCUT2D eigenvalue weighted by Crippen LogP contribution is -2.35. The van der Waals surface area contributed by atoms with Gasteiger partial charge in [0.15, 0.2) is 5.13 Å². The zero-order valence-electron chi connectivity index (χ0n) is 23.6. The molecule has 2 aromatic heterocycles. The van der Waals surface area contributed by atoms with Crippen molar-refractivity contribution in [3.05, 3.63) is 120 Å². The SMILES string of the molecule is CN(Cc1ccccc1)c1ccc(-c2ccccc2-c2csc(N(C)C(=O)[C@@H](CC(=O)O)Cc3ccccc3)n2)cn1. The molecule has 0 saturated heterocycles. The second-order valence-electron chi connectivity index (χ2n) is 10.2. The molecule has 3 aromatic carbocycles. The quantitative estimate of drug-likeness (QED) is 0.186. The molecule has 212 valence electrons. The summed E-state index contributed by atoms with van der Waals surface area (Å²) in [5.74, 6) is -1.09. The van der Waals surface area contributed by atoms with Gasteiger partial charge in [-0.15, -0.1) is 11.3 Å². The topological polar surface area (TPSA) is 86.6 Å². The van der Waals surface area contributed by atoms with Crippen LogP contribution in [0.15, 0.2) is 109 Å². The molecular weight excluding hydrogens is 544 g/mol. The normalized spacial score (nSPS) is 11.6. The predicted octanol–water partition coefficient (Wildman–Crippen LogP) is 6.80. The number of pyridine rings is 1. The van der Waals surface area contributed by atoms with Crippen LogP contribution in [0.2, 0.25) is 0 Å². The molecule has 0 aliphatic carbocycles. The van der Waals surface area contributed by atoms with Gasteiger partial charge in [0.2, 0.25) is 5.91 Å². The molecule has 0 radical (unpaired) electrons. The zero-order chi connectivity index (χ0) is 29.5. The van der Waals surface area contributed by atoms with Gasteiger partial charge < -0.3 is 10.0 Å². The summed E-state index contributed by atoms with van der Waals surface area (Å²) in [5, 5.41) is 11.9. The summed E-state index contributed by atoms with van der Waals surface area (Å²) in [6, 6.07) is 31.8. The van der Waals surface area contributed by atoms with Crippen molar-refractivity contribution in [2.45, 2.75) is 19.4 Å². The van der Waals surface area contributed by atoms with Crippen molar-refractivity contribution in [1.82, 2.24) is 9.97 Å². The molecule has 0 aliphatic heterocycles. The van der Waals surface area contributed by atoms with Crippen LogP contribution < -0.4 is 9.80 Å². The average Bonchev–Trinajstić information content (AvgIpc) is 3.51. The van der Waals surface area contributed by atoms with Crippen LogP contribution in [0.4, 0.5) is 10.9 Å². The first kappa shape index (κ1) is 28.7. The minimum absolute atomic E-state index is 0.247. The lowest BCUT2D eigenvalue weighted by molar-refractivity contribution is -0.140. The van der Waals surface area contributed by atoms with Crippen LogP contribution in [-0.2, 0) is 22.6 Å². The molecule has 0 bridgehead atoms. The number of hydrogen-bond acceptors (Lipinski definition) is 6. The van der Waals surface area contributed by atoms with E-state index >= 15 is 0 Å². The molecule has 0 fully saturated rings. The highest BCUT2D eigenvalue weighted by Crippen LogP contribution is 2.35. The van der Waals surface area contributed by atoms with Crippen LogP contribution in [0, 0.1) is 5.92 Å². The summed E-state index contributed by atoms with van der Waals surface area (Å²) in [7, 11) is 3.68. The first-order valence-corrected chi connectivity index (χ1v) is 14.6. The molecule has 42 heavy (non-hydrogen) atoms. The third-order valence-electron chi connectivity index (χ3n) is 7.12. The van der Waals surface area contributed by atoms with E-state index in [2.05, 4.69) is 23.1 Å². The predicted molar refractivity (Wildman–Crippen MR) is 169 cm³/mol. The molecular formula is C34H32N4O3S. The average molecular weight is 577 g/mol. The Labute approximate surface area is 249 Å². The number of thiazole rings is 1. The number of aromatic nitrogens is 2. The third-order valence-corrected chi connectivity index (χ3v) is 8.04. The van der Waals surface area contributed by atoms with Crippen LogP contribution in [0.25, 0.3) is 22.4 Å². The lowest BCUT2D eigenvalue weighted by Gasteiger charge is -2.21. The number of carboxylic acid groups (broad SMARTS) is 1. The molecule has 0 aliphatic rings. The van der Waals surface area contributed by atoms with E-state index in [0.29, 0.717) is 11.6 Å². The Morgan fingerprint density at radius 1 is 0.833 bits per heavy atom. The molecule has 0 spiro atoms. The van der Waals surface area contributed by atoms with Crippen LogP contribution in [0.1, 0.15) is 17.5 Å². The number of nitrogens with zero attached hydrogens (tertiary/aromatic N) is 4. The van der Waals surface area contributed by atoms with Gasteiger partial charge in [-0.3, -0.25) is 14.5 Å². The number of amides is 1. The van der Waals surface area contributed by atoms with E-state index in [9.17, 15) is 14.7 Å². The van der Waals surface area contributed by atoms with Crippen molar-refractivity contribution in [2.24, 2.45) is 5.92 Å². The van der Waals surface area contributed by atoms with E-state index in [-0.39, 0.29) is 12.3 Å². The number of anilines is 2. The zero-order valence-corrected chi connectivity index (χ0v) is 24.4. The summed E-state index contributed by atoms with van der Waals surface area (Å²) >= 11 is 1.36. The molecule has 7 nitrogen and oxygen atoms in total. The lowest BCUT2D eigenvalue weighted by atomic mass is 9.95. The van der Waals surface area contributed by atoms with Crippen molar-refractivity contribution < 1.29 is 14.7 Å². The van der Waals surface area contributed by atoms with Gasteiger partial charge in [0.05, 0.1) is 18.0 Å². The van der Waals surface area contributed by atoms with E-state index in [1.54, 1.807) is 7.05 Å². The Morgan fingerprint density at radius 3 is 2.12 bits per heavy atom. The van der Waals surface area contributed by atoms with Gasteiger partial charge in [0.25, 0.3) is 0 Å². The molecule has 0 saturated carbocycles. The Kier molecular flexibility index (Phi) is 9.04. The second-order valence-corrected chi connectivity index (χ2v) is 11.0. The smallest absolute Gasteiger partial charge is 0.304 e. The number of aliphatic carboxylic acids is 1. The Morgan fingerprint density at radius 2 is 1.48 bits per heavy atom. The van der Waals surface area contributed by atoms with Crippen LogP contribution in [-0.4, -0.2) is 41.0 Å². The summed E-state index contributed by atoms with van der Waals surface area (Å²) in [4.78, 5) is 38.1. The van der Waals surface area contributed by atoms with E-state index in [1.807, 2.05) is 97.5 Å². The highest BCUT2D eigenvalue weighted by molar-refractivity contribution is 7.14. The molecule has 1 amide bonds. The van der Waals surface area contributed by atoms with Gasteiger partial charge in [-0.05, 0) is 35.2 Å². The maximum atomic E-state index is 13.4. The third kappa shape index (κ3) is 6.90. The number of carbonyl (C=O) groups excluding carboxylic acids is 1. The standard InChI is InChI=1S/C34H32N4O3S/c1-37(22-25-13-7-4-8-14-25)31-18-17-26(21-35-31)28-15-9-10-16-29(28)30-23-42-34(36-30)38(2)33(41)27(20-32(39)40)19-24-11-5-3-6-12-24/h3-18,21,23,27H,19-20,22H2,1-2H3,(H,39,40)/t27-/m1/s1. The Balaban J connectivity index is 1.34. The first-order valence-electron chi connectivity index (χ1n) is 13.7. The summed E-state index contributed by atoms with van der Waals surface area (Å²) in [6.45, 7) is 0.760. The van der Waals surface area contributed by atoms with Crippen molar-refractivity contribution >= 4 is 34.2 Å². The minimum atomic E-state index is -1.00. The molecule has 1 N–H and O–H groups in total. The molecule has 8 heteroatoms. The van der Waals surface area contributed by atoms with Crippen LogP contribution >= 0.6 is 11.3 Å². The maximum absolute atomic E-state index is 13.4. The largest absolute Gasteiger partial charge is 0.481 e. The number of benzene rings is 3. The highest BCUT2D eigenvalue weighted by Gasteiger charge is 2.27. The summed E-state index contributed by atoms with van der Waals surface area (Å²) < 4.78 is 0. The number of rotatable bonds is 11. The van der Waals surface area contributed by atoms with Crippen LogP contribution in [0.3, 0.4) is 0 Å². The van der Waals surface area contributed by atoms with Crippen molar-refractivity contribution in [2.75, 3.05) is 23.9 Å². The fraction of sp³-hybridized carbons (Fsp3) is 0.176. The van der Waals surface area contributed by atoms with E-state index < -0.39 is 11.9 Å². The maximum Gasteiger partial charge on any atom is 0.304 e. The molecule has 1 atom stereocenters. The number of carbonyl (C=O) groups is 2. The van der Waals surface area contributed by atoms with Crippen LogP contribution in [0.5, 0.6) is 0 Å². The summed E-state index contributed by atoms with van der Waals surface area (Å²) in [6.07, 6.45) is 1.97.